The quantitative estimate of drug-likeness (QED) is 0.829. The van der Waals surface area contributed by atoms with Crippen molar-refractivity contribution in [2.24, 2.45) is 10.1 Å². The highest BCUT2D eigenvalue weighted by Gasteiger charge is 2.06. The average Bonchev–Trinajstić information content (AvgIpc) is 2.37. The van der Waals surface area contributed by atoms with Gasteiger partial charge >= 0.3 is 0 Å². The maximum Gasteiger partial charge on any atom is 0.238 e. The van der Waals surface area contributed by atoms with E-state index in [1.807, 2.05) is 0 Å². The van der Waals surface area contributed by atoms with Crippen molar-refractivity contribution in [1.82, 2.24) is 0 Å². The molecule has 0 aliphatic carbocycles. The molecule has 0 bridgehead atoms. The number of halogens is 1. The minimum Gasteiger partial charge on any atom is -0.507 e. The summed E-state index contributed by atoms with van der Waals surface area (Å²) < 4.78 is 23.0. The molecule has 0 atom stereocenters. The molecule has 2 aromatic carbocycles. The molecule has 0 spiro atoms. The number of aliphatic imine (C=N–C) groups is 1. The van der Waals surface area contributed by atoms with Gasteiger partial charge in [0.2, 0.25) is 10.0 Å². The van der Waals surface area contributed by atoms with Crippen molar-refractivity contribution in [3.8, 4) is 5.75 Å². The second-order valence-electron chi connectivity index (χ2n) is 4.00. The number of sulfonamides is 1. The second-order valence-corrected chi connectivity index (χ2v) is 6.48. The molecule has 0 radical (unpaired) electrons. The van der Waals surface area contributed by atoms with Gasteiger partial charge in [-0.15, -0.1) is 0 Å². The van der Waals surface area contributed by atoms with Crippen LogP contribution in [-0.2, 0) is 10.0 Å². The number of nitrogens with zero attached hydrogens (tertiary/aromatic N) is 1. The summed E-state index contributed by atoms with van der Waals surface area (Å²) in [5.41, 5.74) is 1.11. The Bertz CT molecular complexity index is 756. The number of aromatic hydroxyl groups is 1. The molecule has 0 unspecified atom stereocenters. The normalized spacial score (nSPS) is 11.9. The molecule has 0 saturated carbocycles. The van der Waals surface area contributed by atoms with Crippen LogP contribution < -0.4 is 5.14 Å². The van der Waals surface area contributed by atoms with Crippen LogP contribution in [0.1, 0.15) is 5.56 Å². The van der Waals surface area contributed by atoms with Gasteiger partial charge in [0.15, 0.2) is 0 Å². The molecule has 104 valence electrons. The van der Waals surface area contributed by atoms with Crippen LogP contribution in [0.3, 0.4) is 0 Å². The molecule has 0 aliphatic heterocycles. The molecule has 3 N–H and O–H groups in total. The van der Waals surface area contributed by atoms with Gasteiger partial charge in [0.05, 0.1) is 10.6 Å². The number of nitrogens with two attached hydrogens (primary N) is 1. The van der Waals surface area contributed by atoms with Gasteiger partial charge < -0.3 is 5.11 Å². The molecule has 20 heavy (non-hydrogen) atoms. The van der Waals surface area contributed by atoms with Crippen LogP contribution in [0.4, 0.5) is 5.69 Å². The number of primary sulfonamides is 1. The summed E-state index contributed by atoms with van der Waals surface area (Å²) in [7, 11) is -3.70. The van der Waals surface area contributed by atoms with Crippen molar-refractivity contribution in [2.45, 2.75) is 4.90 Å². The lowest BCUT2D eigenvalue weighted by Gasteiger charge is -2.00. The molecule has 0 aliphatic rings. The Kier molecular flexibility index (Phi) is 4.22. The summed E-state index contributed by atoms with van der Waals surface area (Å²) in [5.74, 6) is 0.101. The third kappa shape index (κ3) is 3.66. The van der Waals surface area contributed by atoms with Crippen LogP contribution in [0.2, 0.25) is 0 Å². The Morgan fingerprint density at radius 2 is 1.80 bits per heavy atom. The summed E-state index contributed by atoms with van der Waals surface area (Å²) in [6, 6.07) is 10.9. The van der Waals surface area contributed by atoms with Crippen LogP contribution >= 0.6 is 15.9 Å². The Balaban J connectivity index is 2.24. The number of rotatable bonds is 3. The summed E-state index contributed by atoms with van der Waals surface area (Å²) in [6.45, 7) is 0. The first kappa shape index (κ1) is 14.7. The molecule has 0 amide bonds. The van der Waals surface area contributed by atoms with Gasteiger partial charge in [-0.1, -0.05) is 15.9 Å². The molecule has 0 saturated heterocycles. The Morgan fingerprint density at radius 1 is 1.15 bits per heavy atom. The highest BCUT2D eigenvalue weighted by molar-refractivity contribution is 9.10. The maximum absolute atomic E-state index is 11.1. The lowest BCUT2D eigenvalue weighted by atomic mass is 10.2. The number of phenols is 1. The molecule has 5 nitrogen and oxygen atoms in total. The fourth-order valence-corrected chi connectivity index (χ4v) is 2.36. The van der Waals surface area contributed by atoms with Crippen molar-refractivity contribution >= 4 is 37.9 Å². The van der Waals surface area contributed by atoms with Gasteiger partial charge in [-0.2, -0.15) is 0 Å². The zero-order chi connectivity index (χ0) is 14.8. The van der Waals surface area contributed by atoms with E-state index in [9.17, 15) is 13.5 Å². The third-order valence-electron chi connectivity index (χ3n) is 2.51. The van der Waals surface area contributed by atoms with E-state index in [4.69, 9.17) is 5.14 Å². The fourth-order valence-electron chi connectivity index (χ4n) is 1.49. The average molecular weight is 355 g/mol. The van der Waals surface area contributed by atoms with E-state index in [-0.39, 0.29) is 10.6 Å². The largest absolute Gasteiger partial charge is 0.507 e. The summed E-state index contributed by atoms with van der Waals surface area (Å²) >= 11 is 3.25. The fraction of sp³-hybridized carbons (Fsp3) is 0. The van der Waals surface area contributed by atoms with Gasteiger partial charge in [0, 0.05) is 16.3 Å². The standard InChI is InChI=1S/C13H11BrN2O3S/c14-10-2-1-9(13(17)7-10)8-16-11-3-5-12(6-4-11)20(15,18)19/h1-8,17H,(H2,15,18,19). The van der Waals surface area contributed by atoms with Crippen LogP contribution in [0.25, 0.3) is 0 Å². The van der Waals surface area contributed by atoms with Crippen molar-refractivity contribution in [1.29, 1.82) is 0 Å². The minimum atomic E-state index is -3.70. The van der Waals surface area contributed by atoms with Crippen molar-refractivity contribution in [3.05, 3.63) is 52.5 Å². The van der Waals surface area contributed by atoms with E-state index in [0.717, 1.165) is 4.47 Å². The Hall–Kier alpha value is -1.70. The van der Waals surface area contributed by atoms with E-state index in [0.29, 0.717) is 11.3 Å². The number of phenolic OH excluding ortho intramolecular Hbond substituents is 1. The third-order valence-corrected chi connectivity index (χ3v) is 3.93. The maximum atomic E-state index is 11.1. The van der Waals surface area contributed by atoms with E-state index < -0.39 is 10.0 Å². The first-order chi connectivity index (χ1) is 9.36. The van der Waals surface area contributed by atoms with Crippen LogP contribution in [-0.4, -0.2) is 19.7 Å². The van der Waals surface area contributed by atoms with E-state index >= 15 is 0 Å². The van der Waals surface area contributed by atoms with Crippen LogP contribution in [0.15, 0.2) is 56.8 Å². The molecule has 7 heteroatoms. The minimum absolute atomic E-state index is 0.0305. The SMILES string of the molecule is NS(=O)(=O)c1ccc(N=Cc2ccc(Br)cc2O)cc1. The van der Waals surface area contributed by atoms with Crippen LogP contribution in [0.5, 0.6) is 5.75 Å². The number of benzene rings is 2. The van der Waals surface area contributed by atoms with Gasteiger partial charge in [-0.3, -0.25) is 4.99 Å². The van der Waals surface area contributed by atoms with E-state index in [2.05, 4.69) is 20.9 Å². The predicted octanol–water partition coefficient (Wildman–Crippen LogP) is 2.55. The van der Waals surface area contributed by atoms with Crippen molar-refractivity contribution in [3.63, 3.8) is 0 Å². The van der Waals surface area contributed by atoms with E-state index in [1.54, 1.807) is 18.2 Å². The lowest BCUT2D eigenvalue weighted by Crippen LogP contribution is -2.11. The molecular weight excluding hydrogens is 344 g/mol. The molecule has 2 aromatic rings. The topological polar surface area (TPSA) is 92.8 Å². The van der Waals surface area contributed by atoms with Gasteiger partial charge in [0.1, 0.15) is 5.75 Å². The van der Waals surface area contributed by atoms with Gasteiger partial charge in [-0.05, 0) is 42.5 Å². The van der Waals surface area contributed by atoms with Gasteiger partial charge in [0.25, 0.3) is 0 Å². The monoisotopic (exact) mass is 354 g/mol. The first-order valence-electron chi connectivity index (χ1n) is 5.52. The predicted molar refractivity (Wildman–Crippen MR) is 80.9 cm³/mol. The highest BCUT2D eigenvalue weighted by Crippen LogP contribution is 2.22. The summed E-state index contributed by atoms with van der Waals surface area (Å²) in [4.78, 5) is 4.18. The molecule has 2 rings (SSSR count). The molecule has 0 aromatic heterocycles. The van der Waals surface area contributed by atoms with Crippen molar-refractivity contribution in [2.75, 3.05) is 0 Å². The van der Waals surface area contributed by atoms with Crippen molar-refractivity contribution < 1.29 is 13.5 Å². The lowest BCUT2D eigenvalue weighted by molar-refractivity contribution is 0.474. The molecule has 0 heterocycles. The van der Waals surface area contributed by atoms with Crippen LogP contribution in [0, 0.1) is 0 Å². The Morgan fingerprint density at radius 3 is 2.35 bits per heavy atom. The summed E-state index contributed by atoms with van der Waals surface area (Å²) in [5, 5.41) is 14.7. The summed E-state index contributed by atoms with van der Waals surface area (Å²) in [6.07, 6.45) is 1.49. The number of hydrogen-bond donors (Lipinski definition) is 2. The zero-order valence-corrected chi connectivity index (χ0v) is 12.6. The van der Waals surface area contributed by atoms with Gasteiger partial charge in [-0.25, -0.2) is 13.6 Å². The highest BCUT2D eigenvalue weighted by atomic mass is 79.9. The molecule has 0 fully saturated rings. The van der Waals surface area contributed by atoms with E-state index in [1.165, 1.54) is 30.5 Å². The second kappa shape index (κ2) is 5.74. The smallest absolute Gasteiger partial charge is 0.238 e. The Labute approximate surface area is 125 Å². The zero-order valence-electron chi connectivity index (χ0n) is 10.2. The molecular formula is C13H11BrN2O3S. The number of hydrogen-bond acceptors (Lipinski definition) is 4. The first-order valence-corrected chi connectivity index (χ1v) is 7.85.